The molecule has 0 heterocycles. The molecule has 194 valence electrons. The van der Waals surface area contributed by atoms with E-state index in [2.05, 4.69) is 10.6 Å². The Bertz CT molecular complexity index is 1050. The summed E-state index contributed by atoms with van der Waals surface area (Å²) < 4.78 is 15.1. The van der Waals surface area contributed by atoms with Crippen molar-refractivity contribution in [3.8, 4) is 0 Å². The third-order valence-corrected chi connectivity index (χ3v) is 4.85. The van der Waals surface area contributed by atoms with Crippen molar-refractivity contribution >= 4 is 24.1 Å². The number of nitrogens with one attached hydrogen (secondary N) is 2. The first-order valence-electron chi connectivity index (χ1n) is 11.3. The van der Waals surface area contributed by atoms with E-state index in [1.54, 1.807) is 57.2 Å². The number of hydrogen-bond acceptors (Lipinski definition) is 7. The highest BCUT2D eigenvalue weighted by molar-refractivity contribution is 5.82. The van der Waals surface area contributed by atoms with Gasteiger partial charge in [0.1, 0.15) is 24.3 Å². The fourth-order valence-corrected chi connectivity index (χ4v) is 3.25. The van der Waals surface area contributed by atoms with Crippen molar-refractivity contribution in [1.29, 1.82) is 0 Å². The highest BCUT2D eigenvalue weighted by Gasteiger charge is 2.26. The number of amides is 2. The number of alkyl carbamates (subject to hydrolysis) is 2. The maximum Gasteiger partial charge on any atom is 0.408 e. The maximum atomic E-state index is 12.3. The molecule has 2 aromatic rings. The Hall–Kier alpha value is -4.08. The summed E-state index contributed by atoms with van der Waals surface area (Å²) in [5.41, 5.74) is 1.27. The minimum atomic E-state index is -1.22. The van der Waals surface area contributed by atoms with Crippen LogP contribution in [0.1, 0.15) is 37.5 Å². The SMILES string of the molecule is COC(=O)[C@H](Cc1cccc(C[C@H](NC(=O)OC(C)(C)C)C(=O)O)c1)NC(=O)OCc1ccccc1. The quantitative estimate of drug-likeness (QED) is 0.334. The van der Waals surface area contributed by atoms with Crippen LogP contribution in [0.5, 0.6) is 0 Å². The zero-order chi connectivity index (χ0) is 26.7. The molecule has 0 aliphatic heterocycles. The van der Waals surface area contributed by atoms with Crippen molar-refractivity contribution < 1.29 is 38.5 Å². The number of aliphatic carboxylic acids is 1. The van der Waals surface area contributed by atoms with Gasteiger partial charge in [-0.2, -0.15) is 0 Å². The highest BCUT2D eigenvalue weighted by Crippen LogP contribution is 2.13. The second kappa shape index (κ2) is 13.1. The van der Waals surface area contributed by atoms with Gasteiger partial charge in [0.2, 0.25) is 0 Å². The number of hydrogen-bond donors (Lipinski definition) is 3. The molecule has 2 amide bonds. The van der Waals surface area contributed by atoms with Crippen molar-refractivity contribution in [1.82, 2.24) is 10.6 Å². The number of methoxy groups -OCH3 is 1. The molecule has 0 unspecified atom stereocenters. The highest BCUT2D eigenvalue weighted by atomic mass is 16.6. The number of ether oxygens (including phenoxy) is 3. The molecule has 0 spiro atoms. The number of carbonyl (C=O) groups is 4. The minimum Gasteiger partial charge on any atom is -0.480 e. The molecule has 2 rings (SSSR count). The summed E-state index contributed by atoms with van der Waals surface area (Å²) in [5, 5.41) is 14.4. The van der Waals surface area contributed by atoms with E-state index in [1.807, 2.05) is 18.2 Å². The number of rotatable bonds is 10. The lowest BCUT2D eigenvalue weighted by molar-refractivity contribution is -0.143. The fourth-order valence-electron chi connectivity index (χ4n) is 3.25. The van der Waals surface area contributed by atoms with Gasteiger partial charge in [0.25, 0.3) is 0 Å². The van der Waals surface area contributed by atoms with Gasteiger partial charge >= 0.3 is 24.1 Å². The van der Waals surface area contributed by atoms with Crippen LogP contribution in [-0.4, -0.2) is 54.0 Å². The average molecular weight is 501 g/mol. The number of benzene rings is 2. The summed E-state index contributed by atoms with van der Waals surface area (Å²) in [6.07, 6.45) is -1.55. The summed E-state index contributed by atoms with van der Waals surface area (Å²) in [4.78, 5) is 48.3. The molecule has 10 nitrogen and oxygen atoms in total. The predicted molar refractivity (Wildman–Crippen MR) is 130 cm³/mol. The topological polar surface area (TPSA) is 140 Å². The van der Waals surface area contributed by atoms with Crippen LogP contribution in [-0.2, 0) is 43.2 Å². The van der Waals surface area contributed by atoms with Gasteiger partial charge in [-0.05, 0) is 37.5 Å². The van der Waals surface area contributed by atoms with Gasteiger partial charge in [-0.15, -0.1) is 0 Å². The zero-order valence-corrected chi connectivity index (χ0v) is 20.8. The van der Waals surface area contributed by atoms with Gasteiger partial charge in [-0.1, -0.05) is 54.6 Å². The number of carbonyl (C=O) groups excluding carboxylic acids is 3. The fraction of sp³-hybridized carbons (Fsp3) is 0.385. The van der Waals surface area contributed by atoms with Gasteiger partial charge in [0.15, 0.2) is 0 Å². The minimum absolute atomic E-state index is 0.0160. The standard InChI is InChI=1S/C26H32N2O8/c1-26(2,3)36-25(33)27-20(22(29)30)14-18-11-8-12-19(13-18)15-21(23(31)34-4)28-24(32)35-16-17-9-6-5-7-10-17/h5-13,20-21H,14-16H2,1-4H3,(H,27,33)(H,28,32)(H,29,30)/t20-,21-/m0/s1. The van der Waals surface area contributed by atoms with E-state index in [0.29, 0.717) is 11.1 Å². The van der Waals surface area contributed by atoms with E-state index in [1.165, 1.54) is 7.11 Å². The largest absolute Gasteiger partial charge is 0.480 e. The molecule has 0 radical (unpaired) electrons. The van der Waals surface area contributed by atoms with E-state index in [0.717, 1.165) is 5.56 Å². The Balaban J connectivity index is 2.04. The van der Waals surface area contributed by atoms with Crippen LogP contribution >= 0.6 is 0 Å². The molecule has 36 heavy (non-hydrogen) atoms. The number of carboxylic acids is 1. The van der Waals surface area contributed by atoms with E-state index < -0.39 is 41.8 Å². The molecule has 3 N–H and O–H groups in total. The lowest BCUT2D eigenvalue weighted by Gasteiger charge is -2.22. The molecule has 0 aliphatic rings. The third kappa shape index (κ3) is 10.0. The first kappa shape index (κ1) is 28.2. The van der Waals surface area contributed by atoms with Crippen LogP contribution in [0.4, 0.5) is 9.59 Å². The van der Waals surface area contributed by atoms with Crippen molar-refractivity contribution in [2.45, 2.75) is 57.9 Å². The van der Waals surface area contributed by atoms with Crippen molar-refractivity contribution in [2.75, 3.05) is 7.11 Å². The summed E-state index contributed by atoms with van der Waals surface area (Å²) in [5.74, 6) is -1.88. The second-order valence-corrected chi connectivity index (χ2v) is 9.05. The molecule has 0 saturated heterocycles. The molecular formula is C26H32N2O8. The molecular weight excluding hydrogens is 468 g/mol. The van der Waals surface area contributed by atoms with E-state index in [-0.39, 0.29) is 19.4 Å². The van der Waals surface area contributed by atoms with E-state index in [4.69, 9.17) is 14.2 Å². The summed E-state index contributed by atoms with van der Waals surface area (Å²) in [6.45, 7) is 5.07. The maximum absolute atomic E-state index is 12.3. The van der Waals surface area contributed by atoms with Crippen molar-refractivity contribution in [2.24, 2.45) is 0 Å². The normalized spacial score (nSPS) is 12.6. The number of carboxylic acid groups (broad SMARTS) is 1. The molecule has 0 aromatic heterocycles. The van der Waals surface area contributed by atoms with Crippen molar-refractivity contribution in [3.05, 3.63) is 71.3 Å². The third-order valence-electron chi connectivity index (χ3n) is 4.85. The first-order chi connectivity index (χ1) is 17.0. The van der Waals surface area contributed by atoms with Crippen molar-refractivity contribution in [3.63, 3.8) is 0 Å². The van der Waals surface area contributed by atoms with Gasteiger partial charge < -0.3 is 30.0 Å². The number of esters is 1. The predicted octanol–water partition coefficient (Wildman–Crippen LogP) is 3.22. The molecule has 2 aromatic carbocycles. The summed E-state index contributed by atoms with van der Waals surface area (Å²) in [6, 6.07) is 13.7. The van der Waals surface area contributed by atoms with Crippen LogP contribution in [0, 0.1) is 0 Å². The van der Waals surface area contributed by atoms with Gasteiger partial charge in [-0.25, -0.2) is 19.2 Å². The van der Waals surface area contributed by atoms with Crippen LogP contribution in [0.3, 0.4) is 0 Å². The van der Waals surface area contributed by atoms with Crippen LogP contribution < -0.4 is 10.6 Å². The van der Waals surface area contributed by atoms with E-state index >= 15 is 0 Å². The second-order valence-electron chi connectivity index (χ2n) is 9.05. The molecule has 2 atom stereocenters. The molecule has 0 aliphatic carbocycles. The Morgan fingerprint density at radius 1 is 0.833 bits per heavy atom. The average Bonchev–Trinajstić information content (AvgIpc) is 2.81. The molecule has 0 bridgehead atoms. The van der Waals surface area contributed by atoms with Crippen LogP contribution in [0.2, 0.25) is 0 Å². The zero-order valence-electron chi connectivity index (χ0n) is 20.8. The molecule has 10 heteroatoms. The Morgan fingerprint density at radius 2 is 1.39 bits per heavy atom. The Labute approximate surface area is 209 Å². The summed E-state index contributed by atoms with van der Waals surface area (Å²) in [7, 11) is 1.21. The monoisotopic (exact) mass is 500 g/mol. The Kier molecular flexibility index (Phi) is 10.3. The first-order valence-corrected chi connectivity index (χ1v) is 11.3. The van der Waals surface area contributed by atoms with Crippen LogP contribution in [0.25, 0.3) is 0 Å². The molecule has 0 saturated carbocycles. The van der Waals surface area contributed by atoms with Crippen LogP contribution in [0.15, 0.2) is 54.6 Å². The smallest absolute Gasteiger partial charge is 0.408 e. The van der Waals surface area contributed by atoms with Gasteiger partial charge in [0.05, 0.1) is 7.11 Å². The lowest BCUT2D eigenvalue weighted by Crippen LogP contribution is -2.44. The van der Waals surface area contributed by atoms with E-state index in [9.17, 15) is 24.3 Å². The molecule has 0 fully saturated rings. The Morgan fingerprint density at radius 3 is 1.94 bits per heavy atom. The summed E-state index contributed by atoms with van der Waals surface area (Å²) >= 11 is 0. The van der Waals surface area contributed by atoms with Gasteiger partial charge in [0, 0.05) is 12.8 Å². The van der Waals surface area contributed by atoms with Gasteiger partial charge in [-0.3, -0.25) is 0 Å². The lowest BCUT2D eigenvalue weighted by atomic mass is 9.99.